The molecule has 1 N–H and O–H groups in total. The maximum absolute atomic E-state index is 12.9. The van der Waals surface area contributed by atoms with E-state index in [-0.39, 0.29) is 18.7 Å². The lowest BCUT2D eigenvalue weighted by Crippen LogP contribution is -2.47. The number of hydrogen-bond acceptors (Lipinski definition) is 5. The highest BCUT2D eigenvalue weighted by Crippen LogP contribution is 2.51. The molecular formula is C18H21N3O4. The minimum absolute atomic E-state index is 0.122. The van der Waals surface area contributed by atoms with Crippen LogP contribution in [0.15, 0.2) is 18.2 Å². The molecule has 4 atom stereocenters. The van der Waals surface area contributed by atoms with Crippen LogP contribution in [0.2, 0.25) is 0 Å². The van der Waals surface area contributed by atoms with Crippen molar-refractivity contribution in [3.63, 3.8) is 0 Å². The second-order valence-corrected chi connectivity index (χ2v) is 6.85. The standard InChI is InChI=1S/C18H21N3O4/c1-11-7-18(3,8-19)16(21(11)17(23)12(2)20-9-22)13-4-5-14-15(6-13)25-10-24-14/h4-6,9,11-12,16H,7,10H2,1-3H3,(H,20,22)/t11?,12?,16?,18-/m1/s1. The van der Waals surface area contributed by atoms with E-state index in [9.17, 15) is 14.9 Å². The summed E-state index contributed by atoms with van der Waals surface area (Å²) in [5.74, 6) is 1.06. The summed E-state index contributed by atoms with van der Waals surface area (Å²) in [5, 5.41) is 12.3. The van der Waals surface area contributed by atoms with Crippen LogP contribution >= 0.6 is 0 Å². The Kier molecular flexibility index (Phi) is 4.29. The van der Waals surface area contributed by atoms with Gasteiger partial charge in [0.15, 0.2) is 11.5 Å². The molecule has 0 spiro atoms. The van der Waals surface area contributed by atoms with Crippen molar-refractivity contribution in [2.75, 3.05) is 6.79 Å². The number of fused-ring (bicyclic) bond motifs is 1. The molecule has 0 saturated carbocycles. The summed E-state index contributed by atoms with van der Waals surface area (Å²) < 4.78 is 10.8. The number of ether oxygens (including phenoxy) is 2. The zero-order valence-corrected chi connectivity index (χ0v) is 14.5. The van der Waals surface area contributed by atoms with E-state index >= 15 is 0 Å². The molecule has 2 aliphatic rings. The minimum atomic E-state index is -0.732. The van der Waals surface area contributed by atoms with Crippen LogP contribution in [0.4, 0.5) is 0 Å². The number of nitriles is 1. The van der Waals surface area contributed by atoms with Crippen LogP contribution in [0.25, 0.3) is 0 Å². The fourth-order valence-corrected chi connectivity index (χ4v) is 3.84. The van der Waals surface area contributed by atoms with Gasteiger partial charge in [-0.05, 0) is 44.9 Å². The zero-order chi connectivity index (χ0) is 18.2. The van der Waals surface area contributed by atoms with E-state index in [1.165, 1.54) is 0 Å². The quantitative estimate of drug-likeness (QED) is 0.841. The average molecular weight is 343 g/mol. The molecule has 0 aliphatic carbocycles. The van der Waals surface area contributed by atoms with Gasteiger partial charge in [-0.1, -0.05) is 6.07 Å². The molecule has 132 valence electrons. The van der Waals surface area contributed by atoms with Crippen LogP contribution in [-0.4, -0.2) is 36.1 Å². The maximum Gasteiger partial charge on any atom is 0.245 e. The van der Waals surface area contributed by atoms with Gasteiger partial charge in [0, 0.05) is 6.04 Å². The number of benzene rings is 1. The molecule has 0 radical (unpaired) electrons. The van der Waals surface area contributed by atoms with Gasteiger partial charge in [-0.2, -0.15) is 5.26 Å². The van der Waals surface area contributed by atoms with Gasteiger partial charge >= 0.3 is 0 Å². The Bertz CT molecular complexity index is 744. The molecule has 1 saturated heterocycles. The van der Waals surface area contributed by atoms with E-state index in [1.807, 2.05) is 26.0 Å². The van der Waals surface area contributed by atoms with Crippen LogP contribution in [-0.2, 0) is 9.59 Å². The third-order valence-corrected chi connectivity index (χ3v) is 4.99. The van der Waals surface area contributed by atoms with E-state index in [1.54, 1.807) is 17.9 Å². The van der Waals surface area contributed by atoms with Crippen LogP contribution in [0, 0.1) is 16.7 Å². The minimum Gasteiger partial charge on any atom is -0.454 e. The fraction of sp³-hybridized carbons (Fsp3) is 0.500. The predicted molar refractivity (Wildman–Crippen MR) is 88.6 cm³/mol. The summed E-state index contributed by atoms with van der Waals surface area (Å²) in [6, 6.07) is 6.68. The number of nitrogens with zero attached hydrogens (tertiary/aromatic N) is 2. The maximum atomic E-state index is 12.9. The number of amides is 2. The summed E-state index contributed by atoms with van der Waals surface area (Å²) in [6.07, 6.45) is 1.07. The lowest BCUT2D eigenvalue weighted by molar-refractivity contribution is -0.137. The average Bonchev–Trinajstić information content (AvgIpc) is 3.15. The van der Waals surface area contributed by atoms with Gasteiger partial charge in [-0.15, -0.1) is 0 Å². The summed E-state index contributed by atoms with van der Waals surface area (Å²) in [4.78, 5) is 25.3. The molecular weight excluding hydrogens is 322 g/mol. The lowest BCUT2D eigenvalue weighted by atomic mass is 9.79. The summed E-state index contributed by atoms with van der Waals surface area (Å²) >= 11 is 0. The third kappa shape index (κ3) is 2.78. The van der Waals surface area contributed by atoms with Gasteiger partial charge in [-0.3, -0.25) is 9.59 Å². The van der Waals surface area contributed by atoms with E-state index in [4.69, 9.17) is 9.47 Å². The number of rotatable bonds is 4. The SMILES string of the molecule is CC(NC=O)C(=O)N1C(C)C[C@](C)(C#N)C1c1ccc2c(c1)OCO2. The molecule has 1 aromatic rings. The van der Waals surface area contributed by atoms with E-state index < -0.39 is 17.5 Å². The van der Waals surface area contributed by atoms with Crippen LogP contribution in [0.3, 0.4) is 0 Å². The largest absolute Gasteiger partial charge is 0.454 e. The molecule has 2 heterocycles. The Morgan fingerprint density at radius 3 is 2.88 bits per heavy atom. The second-order valence-electron chi connectivity index (χ2n) is 6.85. The number of nitrogens with one attached hydrogen (secondary N) is 1. The van der Waals surface area contributed by atoms with E-state index in [2.05, 4.69) is 11.4 Å². The van der Waals surface area contributed by atoms with Gasteiger partial charge in [0.2, 0.25) is 19.1 Å². The molecule has 2 amide bonds. The van der Waals surface area contributed by atoms with E-state index in [0.29, 0.717) is 24.3 Å². The summed E-state index contributed by atoms with van der Waals surface area (Å²) in [7, 11) is 0. The van der Waals surface area contributed by atoms with Gasteiger partial charge < -0.3 is 19.7 Å². The van der Waals surface area contributed by atoms with Crippen molar-refractivity contribution >= 4 is 12.3 Å². The van der Waals surface area contributed by atoms with Crippen LogP contribution in [0.5, 0.6) is 11.5 Å². The normalized spacial score (nSPS) is 28.3. The summed E-state index contributed by atoms with van der Waals surface area (Å²) in [5.41, 5.74) is 0.0910. The smallest absolute Gasteiger partial charge is 0.245 e. The van der Waals surface area contributed by atoms with Gasteiger partial charge in [0.05, 0.1) is 17.5 Å². The molecule has 0 aromatic heterocycles. The zero-order valence-electron chi connectivity index (χ0n) is 14.5. The molecule has 2 aliphatic heterocycles. The topological polar surface area (TPSA) is 91.7 Å². The first-order valence-electron chi connectivity index (χ1n) is 8.24. The number of carbonyl (C=O) groups is 2. The van der Waals surface area contributed by atoms with Crippen molar-refractivity contribution in [3.8, 4) is 17.6 Å². The van der Waals surface area contributed by atoms with Crippen molar-refractivity contribution in [3.05, 3.63) is 23.8 Å². The van der Waals surface area contributed by atoms with Crippen LogP contribution in [0.1, 0.15) is 38.8 Å². The Morgan fingerprint density at radius 2 is 2.20 bits per heavy atom. The highest BCUT2D eigenvalue weighted by Gasteiger charge is 2.51. The monoisotopic (exact) mass is 343 g/mol. The van der Waals surface area contributed by atoms with Crippen LogP contribution < -0.4 is 14.8 Å². The van der Waals surface area contributed by atoms with Crippen molar-refractivity contribution < 1.29 is 19.1 Å². The predicted octanol–water partition coefficient (Wildman–Crippen LogP) is 1.74. The molecule has 1 aromatic carbocycles. The molecule has 25 heavy (non-hydrogen) atoms. The highest BCUT2D eigenvalue weighted by atomic mass is 16.7. The number of hydrogen-bond donors (Lipinski definition) is 1. The number of carbonyl (C=O) groups excluding carboxylic acids is 2. The molecule has 1 fully saturated rings. The molecule has 0 bridgehead atoms. The molecule has 7 nitrogen and oxygen atoms in total. The Morgan fingerprint density at radius 1 is 1.48 bits per heavy atom. The third-order valence-electron chi connectivity index (χ3n) is 4.99. The van der Waals surface area contributed by atoms with Gasteiger partial charge in [-0.25, -0.2) is 0 Å². The Labute approximate surface area is 146 Å². The molecule has 3 rings (SSSR count). The lowest BCUT2D eigenvalue weighted by Gasteiger charge is -2.34. The van der Waals surface area contributed by atoms with E-state index in [0.717, 1.165) is 5.56 Å². The van der Waals surface area contributed by atoms with Gasteiger partial charge in [0.25, 0.3) is 0 Å². The first-order valence-corrected chi connectivity index (χ1v) is 8.24. The fourth-order valence-electron chi connectivity index (χ4n) is 3.84. The summed E-state index contributed by atoms with van der Waals surface area (Å²) in [6.45, 7) is 5.60. The second kappa shape index (κ2) is 6.28. The molecule has 7 heteroatoms. The highest BCUT2D eigenvalue weighted by molar-refractivity contribution is 5.84. The Hall–Kier alpha value is -2.75. The van der Waals surface area contributed by atoms with Crippen molar-refractivity contribution in [1.82, 2.24) is 10.2 Å². The first-order chi connectivity index (χ1) is 11.9. The van der Waals surface area contributed by atoms with Crippen molar-refractivity contribution in [1.29, 1.82) is 5.26 Å². The van der Waals surface area contributed by atoms with Crippen molar-refractivity contribution in [2.45, 2.75) is 45.3 Å². The molecule has 3 unspecified atom stereocenters. The van der Waals surface area contributed by atoms with Gasteiger partial charge in [0.1, 0.15) is 6.04 Å². The van der Waals surface area contributed by atoms with Crippen molar-refractivity contribution in [2.24, 2.45) is 5.41 Å². The number of likely N-dealkylation sites (tertiary alicyclic amines) is 1. The first kappa shape index (κ1) is 17.1. The Balaban J connectivity index is 2.03.